The molecule has 10 aromatic rings. The first-order valence-corrected chi connectivity index (χ1v) is 20.3. The van der Waals surface area contributed by atoms with Crippen LogP contribution in [-0.4, -0.2) is 0 Å². The lowest BCUT2D eigenvalue weighted by molar-refractivity contribution is 0.793. The summed E-state index contributed by atoms with van der Waals surface area (Å²) in [4.78, 5) is 4.16. The van der Waals surface area contributed by atoms with Crippen LogP contribution in [0.25, 0.3) is 42.4 Å². The summed E-state index contributed by atoms with van der Waals surface area (Å²) in [7, 11) is 0. The molecule has 0 amide bonds. The molecule has 0 bridgehead atoms. The van der Waals surface area contributed by atoms with Crippen molar-refractivity contribution in [2.75, 3.05) is 9.80 Å². The standard InChI is InChI=1S/C55H36N2S/c1-4-16-37(17-5-1)56(38-18-6-2-7-19-38)40-29-32-51-47(34-40)43-22-10-13-25-49(43)55(51)50-26-14-11-23-44(50)48-35-41(30-33-52(48)55)57(39-20-8-3-9-21-39)42-28-31-46-45-24-12-15-27-53(45)58-54(46)36-42/h1-36H/i1D,4D,5D,16D,17D. The monoisotopic (exact) mass is 761 g/mol. The molecule has 1 unspecified atom stereocenters. The third-order valence-corrected chi connectivity index (χ3v) is 13.1. The summed E-state index contributed by atoms with van der Waals surface area (Å²) in [6.07, 6.45) is 0. The fraction of sp³-hybridized carbons (Fsp3) is 0.0182. The number of nitrogens with zero attached hydrogens (tertiary/aromatic N) is 2. The molecule has 9 aromatic carbocycles. The van der Waals surface area contributed by atoms with Crippen molar-refractivity contribution in [3.8, 4) is 22.3 Å². The van der Waals surface area contributed by atoms with Crippen LogP contribution in [0.2, 0.25) is 0 Å². The molecule has 2 nitrogen and oxygen atoms in total. The minimum atomic E-state index is -0.628. The van der Waals surface area contributed by atoms with E-state index >= 15 is 0 Å². The zero-order valence-electron chi connectivity index (χ0n) is 36.2. The van der Waals surface area contributed by atoms with Crippen LogP contribution in [0.5, 0.6) is 0 Å². The number of benzene rings is 9. The lowest BCUT2D eigenvalue weighted by Crippen LogP contribution is -2.26. The maximum Gasteiger partial charge on any atom is 0.0725 e. The van der Waals surface area contributed by atoms with E-state index in [0.29, 0.717) is 11.4 Å². The smallest absolute Gasteiger partial charge is 0.0725 e. The van der Waals surface area contributed by atoms with Gasteiger partial charge in [0.1, 0.15) is 0 Å². The van der Waals surface area contributed by atoms with Crippen LogP contribution in [0, 0.1) is 0 Å². The Morgan fingerprint density at radius 1 is 0.345 bits per heavy atom. The van der Waals surface area contributed by atoms with Gasteiger partial charge in [-0.05, 0) is 123 Å². The maximum absolute atomic E-state index is 9.03. The molecule has 272 valence electrons. The fourth-order valence-corrected chi connectivity index (χ4v) is 10.8. The van der Waals surface area contributed by atoms with E-state index in [2.05, 4.69) is 157 Å². The summed E-state index contributed by atoms with van der Waals surface area (Å²) in [5.74, 6) is 0. The molecule has 1 heterocycles. The van der Waals surface area contributed by atoms with Crippen LogP contribution in [-0.2, 0) is 5.41 Å². The number of anilines is 6. The molecule has 0 saturated heterocycles. The predicted molar refractivity (Wildman–Crippen MR) is 245 cm³/mol. The summed E-state index contributed by atoms with van der Waals surface area (Å²) in [6.45, 7) is 0. The molecule has 1 spiro atoms. The number of para-hydroxylation sites is 3. The summed E-state index contributed by atoms with van der Waals surface area (Å²) in [5.41, 5.74) is 13.3. The van der Waals surface area contributed by atoms with Gasteiger partial charge >= 0.3 is 0 Å². The van der Waals surface area contributed by atoms with Crippen LogP contribution in [0.15, 0.2) is 218 Å². The van der Waals surface area contributed by atoms with E-state index in [0.717, 1.165) is 33.8 Å². The highest BCUT2D eigenvalue weighted by molar-refractivity contribution is 7.25. The van der Waals surface area contributed by atoms with Gasteiger partial charge in [-0.25, -0.2) is 0 Å². The zero-order chi connectivity index (χ0) is 42.6. The van der Waals surface area contributed by atoms with Gasteiger partial charge < -0.3 is 9.80 Å². The van der Waals surface area contributed by atoms with Gasteiger partial charge in [0.15, 0.2) is 0 Å². The SMILES string of the molecule is [2H]c1c([2H])c([2H])c(N(c2ccccc2)c2ccc3c(c2)-c2ccccc2C32c3ccccc3-c3cc(N(c4ccccc4)c4ccc5c(c4)sc4ccccc45)ccc32)c([2H])c1[2H]. The normalized spacial score (nSPS) is 15.8. The van der Waals surface area contributed by atoms with E-state index < -0.39 is 11.5 Å². The van der Waals surface area contributed by atoms with Crippen molar-refractivity contribution in [3.05, 3.63) is 241 Å². The van der Waals surface area contributed by atoms with Gasteiger partial charge in [0, 0.05) is 54.3 Å². The molecule has 3 heteroatoms. The van der Waals surface area contributed by atoms with Crippen LogP contribution in [0.4, 0.5) is 34.1 Å². The average Bonchev–Trinajstić information content (AvgIpc) is 3.95. The van der Waals surface area contributed by atoms with Crippen LogP contribution in [0.1, 0.15) is 29.1 Å². The molecule has 0 saturated carbocycles. The summed E-state index contributed by atoms with van der Waals surface area (Å²) in [5, 5.41) is 2.54. The molecule has 1 atom stereocenters. The lowest BCUT2D eigenvalue weighted by atomic mass is 9.70. The average molecular weight is 762 g/mol. The molecule has 0 N–H and O–H groups in total. The van der Waals surface area contributed by atoms with Crippen molar-refractivity contribution >= 4 is 65.6 Å². The topological polar surface area (TPSA) is 6.48 Å². The largest absolute Gasteiger partial charge is 0.310 e. The van der Waals surface area contributed by atoms with Crippen molar-refractivity contribution < 1.29 is 6.85 Å². The number of thiophene rings is 1. The highest BCUT2D eigenvalue weighted by Crippen LogP contribution is 2.64. The van der Waals surface area contributed by atoms with Crippen molar-refractivity contribution in [2.24, 2.45) is 0 Å². The van der Waals surface area contributed by atoms with Gasteiger partial charge in [-0.2, -0.15) is 0 Å². The van der Waals surface area contributed by atoms with E-state index in [9.17, 15) is 0 Å². The van der Waals surface area contributed by atoms with Crippen LogP contribution >= 0.6 is 11.3 Å². The van der Waals surface area contributed by atoms with E-state index in [1.54, 1.807) is 4.90 Å². The zero-order valence-corrected chi connectivity index (χ0v) is 32.0. The van der Waals surface area contributed by atoms with Crippen LogP contribution in [0.3, 0.4) is 0 Å². The van der Waals surface area contributed by atoms with E-state index in [-0.39, 0.29) is 29.9 Å². The van der Waals surface area contributed by atoms with E-state index in [4.69, 9.17) is 6.85 Å². The highest BCUT2D eigenvalue weighted by atomic mass is 32.1. The number of hydrogen-bond donors (Lipinski definition) is 0. The van der Waals surface area contributed by atoms with Gasteiger partial charge in [0.25, 0.3) is 0 Å². The first-order chi connectivity index (χ1) is 30.8. The minimum absolute atomic E-state index is 0.103. The Bertz CT molecular complexity index is 3470. The van der Waals surface area contributed by atoms with Crippen molar-refractivity contribution in [3.63, 3.8) is 0 Å². The summed E-state index contributed by atoms with van der Waals surface area (Å²) < 4.78 is 46.1. The molecule has 2 aliphatic carbocycles. The fourth-order valence-electron chi connectivity index (χ4n) is 9.62. The molecule has 0 fully saturated rings. The Morgan fingerprint density at radius 3 is 1.43 bits per heavy atom. The molecular weight excluding hydrogens is 721 g/mol. The number of fused-ring (bicyclic) bond motifs is 13. The second kappa shape index (κ2) is 12.9. The molecular formula is C55H36N2S. The van der Waals surface area contributed by atoms with Gasteiger partial charge in [-0.15, -0.1) is 11.3 Å². The lowest BCUT2D eigenvalue weighted by Gasteiger charge is -2.32. The summed E-state index contributed by atoms with van der Waals surface area (Å²) in [6, 6.07) is 64.5. The van der Waals surface area contributed by atoms with Crippen molar-refractivity contribution in [1.82, 2.24) is 0 Å². The second-order valence-electron chi connectivity index (χ2n) is 14.9. The summed E-state index contributed by atoms with van der Waals surface area (Å²) >= 11 is 1.82. The predicted octanol–water partition coefficient (Wildman–Crippen LogP) is 15.3. The first-order valence-electron chi connectivity index (χ1n) is 22.0. The molecule has 0 aliphatic heterocycles. The first kappa shape index (κ1) is 28.2. The van der Waals surface area contributed by atoms with Gasteiger partial charge in [0.2, 0.25) is 0 Å². The van der Waals surface area contributed by atoms with Crippen molar-refractivity contribution in [2.45, 2.75) is 5.41 Å². The van der Waals surface area contributed by atoms with Gasteiger partial charge in [-0.3, -0.25) is 0 Å². The second-order valence-corrected chi connectivity index (χ2v) is 16.0. The third kappa shape index (κ3) is 4.78. The Morgan fingerprint density at radius 2 is 0.810 bits per heavy atom. The van der Waals surface area contributed by atoms with Crippen molar-refractivity contribution in [1.29, 1.82) is 0 Å². The Kier molecular flexibility index (Phi) is 6.29. The minimum Gasteiger partial charge on any atom is -0.310 e. The number of rotatable bonds is 6. The molecule has 12 rings (SSSR count). The highest BCUT2D eigenvalue weighted by Gasteiger charge is 2.51. The van der Waals surface area contributed by atoms with Gasteiger partial charge in [0.05, 0.1) is 12.3 Å². The number of hydrogen-bond acceptors (Lipinski definition) is 3. The molecule has 2 aliphatic rings. The Hall–Kier alpha value is -7.20. The molecule has 58 heavy (non-hydrogen) atoms. The Labute approximate surface area is 349 Å². The maximum atomic E-state index is 9.03. The Balaban J connectivity index is 1.06. The molecule has 0 radical (unpaired) electrons. The van der Waals surface area contributed by atoms with Crippen LogP contribution < -0.4 is 9.80 Å². The van der Waals surface area contributed by atoms with E-state index in [1.165, 1.54) is 48.0 Å². The third-order valence-electron chi connectivity index (χ3n) is 11.9. The van der Waals surface area contributed by atoms with E-state index in [1.807, 2.05) is 47.7 Å². The molecule has 1 aromatic heterocycles. The van der Waals surface area contributed by atoms with Gasteiger partial charge in [-0.1, -0.05) is 139 Å². The quantitative estimate of drug-likeness (QED) is 0.166.